The van der Waals surface area contributed by atoms with Gasteiger partial charge in [0.2, 0.25) is 11.8 Å². The van der Waals surface area contributed by atoms with E-state index in [4.69, 9.17) is 5.11 Å². The molecule has 7 heteroatoms. The van der Waals surface area contributed by atoms with Gasteiger partial charge in [0.05, 0.1) is 6.54 Å². The van der Waals surface area contributed by atoms with Crippen LogP contribution in [-0.4, -0.2) is 46.9 Å². The molecule has 0 saturated carbocycles. The Bertz CT molecular complexity index is 588. The molecule has 1 atom stereocenters. The summed E-state index contributed by atoms with van der Waals surface area (Å²) in [6.45, 7) is 2.06. The molecule has 2 amide bonds. The molecular formula is C15H19N3O4. The van der Waals surface area contributed by atoms with Gasteiger partial charge in [-0.15, -0.1) is 0 Å². The minimum absolute atomic E-state index is 0.0430. The van der Waals surface area contributed by atoms with E-state index in [1.807, 2.05) is 0 Å². The maximum Gasteiger partial charge on any atom is 0.320 e. The molecule has 118 valence electrons. The molecule has 3 N–H and O–H groups in total. The predicted octanol–water partition coefficient (Wildman–Crippen LogP) is 1.13. The van der Waals surface area contributed by atoms with E-state index in [0.29, 0.717) is 24.3 Å². The fraction of sp³-hybridized carbons (Fsp3) is 0.400. The summed E-state index contributed by atoms with van der Waals surface area (Å²) < 4.78 is 0. The minimum atomic E-state index is -0.891. The van der Waals surface area contributed by atoms with Crippen molar-refractivity contribution in [2.45, 2.75) is 25.8 Å². The van der Waals surface area contributed by atoms with Gasteiger partial charge in [0.15, 0.2) is 0 Å². The SMILES string of the molecule is CC(=O)Nc1cccc(NC(=O)CN2CCC[C@H]2C(=O)O)c1. The summed E-state index contributed by atoms with van der Waals surface area (Å²) in [6, 6.07) is 6.21. The molecule has 0 aliphatic carbocycles. The molecule has 1 aliphatic rings. The molecule has 0 bridgehead atoms. The van der Waals surface area contributed by atoms with Crippen LogP contribution in [0.4, 0.5) is 11.4 Å². The van der Waals surface area contributed by atoms with Crippen molar-refractivity contribution < 1.29 is 19.5 Å². The van der Waals surface area contributed by atoms with Crippen LogP contribution in [-0.2, 0) is 14.4 Å². The molecule has 0 unspecified atom stereocenters. The molecule has 0 aromatic heterocycles. The average molecular weight is 305 g/mol. The normalized spacial score (nSPS) is 18.0. The molecule has 2 rings (SSSR count). The third-order valence-electron chi connectivity index (χ3n) is 3.46. The van der Waals surface area contributed by atoms with Crippen LogP contribution < -0.4 is 10.6 Å². The van der Waals surface area contributed by atoms with E-state index in [-0.39, 0.29) is 18.4 Å². The van der Waals surface area contributed by atoms with Crippen molar-refractivity contribution >= 4 is 29.2 Å². The standard InChI is InChI=1S/C15H19N3O4/c1-10(19)16-11-4-2-5-12(8-11)17-14(20)9-18-7-3-6-13(18)15(21)22/h2,4-5,8,13H,3,6-7,9H2,1H3,(H,16,19)(H,17,20)(H,21,22)/t13-/m0/s1. The quantitative estimate of drug-likeness (QED) is 0.757. The molecule has 1 aromatic rings. The van der Waals surface area contributed by atoms with Crippen LogP contribution in [0.25, 0.3) is 0 Å². The van der Waals surface area contributed by atoms with E-state index in [2.05, 4.69) is 10.6 Å². The first-order valence-corrected chi connectivity index (χ1v) is 7.10. The third-order valence-corrected chi connectivity index (χ3v) is 3.46. The second-order valence-corrected chi connectivity index (χ2v) is 5.28. The van der Waals surface area contributed by atoms with Crippen LogP contribution in [0, 0.1) is 0 Å². The van der Waals surface area contributed by atoms with Crippen molar-refractivity contribution in [1.82, 2.24) is 4.90 Å². The maximum atomic E-state index is 12.0. The van der Waals surface area contributed by atoms with Crippen LogP contribution in [0.3, 0.4) is 0 Å². The van der Waals surface area contributed by atoms with Crippen molar-refractivity contribution in [3.05, 3.63) is 24.3 Å². The summed E-state index contributed by atoms with van der Waals surface area (Å²) in [5.41, 5.74) is 1.15. The number of hydrogen-bond donors (Lipinski definition) is 3. The number of amides is 2. The van der Waals surface area contributed by atoms with Gasteiger partial charge in [-0.3, -0.25) is 19.3 Å². The molecule has 7 nitrogen and oxygen atoms in total. The molecule has 1 fully saturated rings. The van der Waals surface area contributed by atoms with Gasteiger partial charge in [-0.2, -0.15) is 0 Å². The summed E-state index contributed by atoms with van der Waals surface area (Å²) in [4.78, 5) is 35.8. The highest BCUT2D eigenvalue weighted by atomic mass is 16.4. The lowest BCUT2D eigenvalue weighted by Crippen LogP contribution is -2.40. The monoisotopic (exact) mass is 305 g/mol. The number of carbonyl (C=O) groups excluding carboxylic acids is 2. The highest BCUT2D eigenvalue weighted by Gasteiger charge is 2.31. The summed E-state index contributed by atoms with van der Waals surface area (Å²) >= 11 is 0. The highest BCUT2D eigenvalue weighted by molar-refractivity contribution is 5.94. The summed E-state index contributed by atoms with van der Waals surface area (Å²) in [5, 5.41) is 14.4. The van der Waals surface area contributed by atoms with Gasteiger partial charge in [-0.25, -0.2) is 0 Å². The fourth-order valence-corrected chi connectivity index (χ4v) is 2.56. The van der Waals surface area contributed by atoms with Gasteiger partial charge in [0.1, 0.15) is 6.04 Å². The van der Waals surface area contributed by atoms with Gasteiger partial charge < -0.3 is 15.7 Å². The number of benzene rings is 1. The topological polar surface area (TPSA) is 98.7 Å². The van der Waals surface area contributed by atoms with E-state index in [1.54, 1.807) is 29.2 Å². The summed E-state index contributed by atoms with van der Waals surface area (Å²) in [7, 11) is 0. The zero-order valence-corrected chi connectivity index (χ0v) is 12.3. The Morgan fingerprint density at radius 1 is 1.27 bits per heavy atom. The Balaban J connectivity index is 1.94. The van der Waals surface area contributed by atoms with Gasteiger partial charge in [-0.1, -0.05) is 6.07 Å². The van der Waals surface area contributed by atoms with Gasteiger partial charge in [0, 0.05) is 18.3 Å². The zero-order chi connectivity index (χ0) is 16.1. The summed E-state index contributed by atoms with van der Waals surface area (Å²) in [5.74, 6) is -1.35. The van der Waals surface area contributed by atoms with Crippen LogP contribution in [0.1, 0.15) is 19.8 Å². The van der Waals surface area contributed by atoms with Gasteiger partial charge in [0.25, 0.3) is 0 Å². The number of nitrogens with zero attached hydrogens (tertiary/aromatic N) is 1. The molecule has 1 heterocycles. The van der Waals surface area contributed by atoms with Crippen LogP contribution in [0.5, 0.6) is 0 Å². The van der Waals surface area contributed by atoms with Crippen molar-refractivity contribution in [3.8, 4) is 0 Å². The molecule has 0 spiro atoms. The van der Waals surface area contributed by atoms with E-state index in [1.165, 1.54) is 6.92 Å². The van der Waals surface area contributed by atoms with Crippen molar-refractivity contribution in [1.29, 1.82) is 0 Å². The number of hydrogen-bond acceptors (Lipinski definition) is 4. The number of carboxylic acid groups (broad SMARTS) is 1. The number of likely N-dealkylation sites (tertiary alicyclic amines) is 1. The largest absolute Gasteiger partial charge is 0.480 e. The molecule has 22 heavy (non-hydrogen) atoms. The zero-order valence-electron chi connectivity index (χ0n) is 12.3. The van der Waals surface area contributed by atoms with E-state index >= 15 is 0 Å². The van der Waals surface area contributed by atoms with Crippen molar-refractivity contribution in [2.75, 3.05) is 23.7 Å². The number of rotatable bonds is 5. The second kappa shape index (κ2) is 7.04. The Morgan fingerprint density at radius 2 is 1.95 bits per heavy atom. The van der Waals surface area contributed by atoms with Gasteiger partial charge >= 0.3 is 5.97 Å². The first-order chi connectivity index (χ1) is 10.5. The maximum absolute atomic E-state index is 12.0. The lowest BCUT2D eigenvalue weighted by atomic mass is 10.2. The molecular weight excluding hydrogens is 286 g/mol. The predicted molar refractivity (Wildman–Crippen MR) is 81.6 cm³/mol. The lowest BCUT2D eigenvalue weighted by Gasteiger charge is -2.20. The minimum Gasteiger partial charge on any atom is -0.480 e. The Kier molecular flexibility index (Phi) is 5.11. The van der Waals surface area contributed by atoms with Gasteiger partial charge in [-0.05, 0) is 37.6 Å². The van der Waals surface area contributed by atoms with E-state index in [0.717, 1.165) is 6.42 Å². The number of anilines is 2. The van der Waals surface area contributed by atoms with E-state index in [9.17, 15) is 14.4 Å². The number of nitrogens with one attached hydrogen (secondary N) is 2. The van der Waals surface area contributed by atoms with Crippen LogP contribution in [0.15, 0.2) is 24.3 Å². The Morgan fingerprint density at radius 3 is 2.59 bits per heavy atom. The first kappa shape index (κ1) is 16.0. The number of carboxylic acids is 1. The first-order valence-electron chi connectivity index (χ1n) is 7.10. The van der Waals surface area contributed by atoms with Crippen molar-refractivity contribution in [3.63, 3.8) is 0 Å². The Labute approximate surface area is 128 Å². The Hall–Kier alpha value is -2.41. The van der Waals surface area contributed by atoms with Crippen LogP contribution >= 0.6 is 0 Å². The average Bonchev–Trinajstić information content (AvgIpc) is 2.86. The fourth-order valence-electron chi connectivity index (χ4n) is 2.56. The van der Waals surface area contributed by atoms with Crippen molar-refractivity contribution in [2.24, 2.45) is 0 Å². The number of aliphatic carboxylic acids is 1. The molecule has 1 aliphatic heterocycles. The second-order valence-electron chi connectivity index (χ2n) is 5.28. The summed E-state index contributed by atoms with van der Waals surface area (Å²) in [6.07, 6.45) is 1.35. The smallest absolute Gasteiger partial charge is 0.320 e. The molecule has 0 radical (unpaired) electrons. The highest BCUT2D eigenvalue weighted by Crippen LogP contribution is 2.18. The van der Waals surface area contributed by atoms with Crippen LogP contribution in [0.2, 0.25) is 0 Å². The number of carbonyl (C=O) groups is 3. The molecule has 1 aromatic carbocycles. The third kappa shape index (κ3) is 4.29. The molecule has 1 saturated heterocycles. The lowest BCUT2D eigenvalue weighted by molar-refractivity contribution is -0.142. The van der Waals surface area contributed by atoms with E-state index < -0.39 is 12.0 Å².